The van der Waals surface area contributed by atoms with Gasteiger partial charge in [-0.3, -0.25) is 14.7 Å². The van der Waals surface area contributed by atoms with Gasteiger partial charge in [0.1, 0.15) is 5.82 Å². The average molecular weight is 262 g/mol. The fraction of sp³-hybridized carbons (Fsp3) is 0.0833. The van der Waals surface area contributed by atoms with Crippen molar-refractivity contribution < 1.29 is 9.18 Å². The number of benzene rings is 1. The summed E-state index contributed by atoms with van der Waals surface area (Å²) in [6.45, 7) is 0. The lowest BCUT2D eigenvalue weighted by Crippen LogP contribution is -2.20. The molecule has 6 nitrogen and oxygen atoms in total. The third-order valence-electron chi connectivity index (χ3n) is 2.30. The summed E-state index contributed by atoms with van der Waals surface area (Å²) in [6.07, 6.45) is 1.19. The molecular weight excluding hydrogens is 251 g/mol. The summed E-state index contributed by atoms with van der Waals surface area (Å²) in [5.74, 6) is -0.835. The maximum Gasteiger partial charge on any atom is 0.264 e. The molecule has 1 aromatic heterocycles. The molecule has 2 aromatic rings. The minimum atomic E-state index is -0.421. The molecule has 0 aliphatic heterocycles. The second-order valence-electron chi connectivity index (χ2n) is 3.78. The molecule has 3 N–H and O–H groups in total. The number of halogens is 1. The highest BCUT2D eigenvalue weighted by atomic mass is 19.1. The predicted octanol–water partition coefficient (Wildman–Crippen LogP) is 0.535. The van der Waals surface area contributed by atoms with Crippen molar-refractivity contribution in [3.8, 4) is 0 Å². The minimum Gasteiger partial charge on any atom is -0.302 e. The second-order valence-corrected chi connectivity index (χ2v) is 3.78. The molecule has 0 aliphatic carbocycles. The van der Waals surface area contributed by atoms with E-state index in [2.05, 4.69) is 20.7 Å². The number of hydrazone groups is 1. The van der Waals surface area contributed by atoms with Crippen LogP contribution in [0.3, 0.4) is 0 Å². The van der Waals surface area contributed by atoms with E-state index >= 15 is 0 Å². The Kier molecular flexibility index (Phi) is 3.87. The number of amides is 1. The van der Waals surface area contributed by atoms with Crippen molar-refractivity contribution in [3.63, 3.8) is 0 Å². The summed E-state index contributed by atoms with van der Waals surface area (Å²) in [6, 6.07) is 7.34. The van der Waals surface area contributed by atoms with E-state index in [9.17, 15) is 14.0 Å². The zero-order valence-corrected chi connectivity index (χ0v) is 9.81. The van der Waals surface area contributed by atoms with E-state index in [0.29, 0.717) is 5.69 Å². The van der Waals surface area contributed by atoms with E-state index in [0.717, 1.165) is 0 Å². The van der Waals surface area contributed by atoms with Gasteiger partial charge in [0.2, 0.25) is 5.91 Å². The smallest absolute Gasteiger partial charge is 0.264 e. The Bertz CT molecular complexity index is 659. The Morgan fingerprint density at radius 2 is 2.16 bits per heavy atom. The molecule has 0 spiro atoms. The largest absolute Gasteiger partial charge is 0.302 e. The molecule has 1 amide bonds. The first kappa shape index (κ1) is 12.7. The summed E-state index contributed by atoms with van der Waals surface area (Å²) in [4.78, 5) is 22.3. The van der Waals surface area contributed by atoms with Gasteiger partial charge in [-0.25, -0.2) is 9.82 Å². The van der Waals surface area contributed by atoms with E-state index in [4.69, 9.17) is 0 Å². The molecule has 19 heavy (non-hydrogen) atoms. The van der Waals surface area contributed by atoms with Crippen LogP contribution >= 0.6 is 0 Å². The molecule has 0 saturated carbocycles. The molecule has 0 bridgehead atoms. The highest BCUT2D eigenvalue weighted by Gasteiger charge is 2.04. The van der Waals surface area contributed by atoms with E-state index in [1.807, 2.05) is 0 Å². The number of aromatic nitrogens is 2. The third-order valence-corrected chi connectivity index (χ3v) is 2.30. The third kappa shape index (κ3) is 3.63. The quantitative estimate of drug-likeness (QED) is 0.554. The Balaban J connectivity index is 1.90. The summed E-state index contributed by atoms with van der Waals surface area (Å²) >= 11 is 0. The lowest BCUT2D eigenvalue weighted by molar-refractivity contribution is -0.120. The van der Waals surface area contributed by atoms with Crippen molar-refractivity contribution in [1.82, 2.24) is 15.6 Å². The van der Waals surface area contributed by atoms with Crippen molar-refractivity contribution >= 4 is 12.1 Å². The first-order valence-corrected chi connectivity index (χ1v) is 5.48. The summed E-state index contributed by atoms with van der Waals surface area (Å²) in [5, 5.41) is 8.50. The molecule has 0 unspecified atom stereocenters. The van der Waals surface area contributed by atoms with E-state index in [1.54, 1.807) is 12.1 Å². The van der Waals surface area contributed by atoms with Crippen LogP contribution < -0.4 is 11.0 Å². The molecule has 0 aliphatic rings. The Labute approximate surface area is 107 Å². The predicted molar refractivity (Wildman–Crippen MR) is 67.3 cm³/mol. The topological polar surface area (TPSA) is 90.1 Å². The van der Waals surface area contributed by atoms with Crippen LogP contribution in [0.1, 0.15) is 11.3 Å². The lowest BCUT2D eigenvalue weighted by Gasteiger charge is -1.98. The van der Waals surface area contributed by atoms with Crippen LogP contribution in [0.25, 0.3) is 0 Å². The zero-order valence-electron chi connectivity index (χ0n) is 9.81. The SMILES string of the molecule is O=C(Cc1cc(=O)[nH][nH]1)NN=Cc1ccccc1F. The van der Waals surface area contributed by atoms with E-state index in [-0.39, 0.29) is 17.5 Å². The second kappa shape index (κ2) is 5.76. The number of rotatable bonds is 4. The fourth-order valence-corrected chi connectivity index (χ4v) is 1.43. The van der Waals surface area contributed by atoms with Gasteiger partial charge in [0.05, 0.1) is 12.6 Å². The lowest BCUT2D eigenvalue weighted by atomic mass is 10.2. The van der Waals surface area contributed by atoms with Gasteiger partial charge in [-0.1, -0.05) is 18.2 Å². The van der Waals surface area contributed by atoms with Crippen LogP contribution in [0.5, 0.6) is 0 Å². The van der Waals surface area contributed by atoms with Gasteiger partial charge in [0, 0.05) is 17.3 Å². The summed E-state index contributed by atoms with van der Waals surface area (Å²) in [7, 11) is 0. The Morgan fingerprint density at radius 1 is 1.37 bits per heavy atom. The molecule has 0 fully saturated rings. The maximum absolute atomic E-state index is 13.2. The summed E-state index contributed by atoms with van der Waals surface area (Å²) in [5.41, 5.74) is 2.66. The minimum absolute atomic E-state index is 0.0205. The van der Waals surface area contributed by atoms with Crippen molar-refractivity contribution in [2.75, 3.05) is 0 Å². The highest BCUT2D eigenvalue weighted by Crippen LogP contribution is 2.02. The van der Waals surface area contributed by atoms with Crippen LogP contribution in [-0.2, 0) is 11.2 Å². The molecule has 2 rings (SSSR count). The van der Waals surface area contributed by atoms with E-state index in [1.165, 1.54) is 24.4 Å². The first-order chi connectivity index (χ1) is 9.15. The number of hydrogen-bond donors (Lipinski definition) is 3. The molecule has 98 valence electrons. The molecule has 0 radical (unpaired) electrons. The maximum atomic E-state index is 13.2. The fourth-order valence-electron chi connectivity index (χ4n) is 1.43. The van der Waals surface area contributed by atoms with Crippen LogP contribution in [-0.4, -0.2) is 22.3 Å². The monoisotopic (exact) mass is 262 g/mol. The van der Waals surface area contributed by atoms with Crippen LogP contribution in [0.2, 0.25) is 0 Å². The van der Waals surface area contributed by atoms with Crippen molar-refractivity contribution in [3.05, 3.63) is 57.8 Å². The number of nitrogens with one attached hydrogen (secondary N) is 3. The Morgan fingerprint density at radius 3 is 2.84 bits per heavy atom. The standard InChI is InChI=1S/C12H11FN4O2/c13-10-4-2-1-3-8(10)7-14-16-11(18)5-9-6-12(19)17-15-9/h1-4,6-7H,5H2,(H,16,18)(H2,15,17,19). The van der Waals surface area contributed by atoms with Gasteiger partial charge in [-0.2, -0.15) is 5.10 Å². The number of carbonyl (C=O) groups is 1. The van der Waals surface area contributed by atoms with Gasteiger partial charge in [-0.15, -0.1) is 0 Å². The number of aromatic amines is 2. The number of carbonyl (C=O) groups excluding carboxylic acids is 1. The van der Waals surface area contributed by atoms with Crippen LogP contribution in [0.4, 0.5) is 4.39 Å². The normalized spacial score (nSPS) is 10.8. The number of nitrogens with zero attached hydrogens (tertiary/aromatic N) is 1. The van der Waals surface area contributed by atoms with Crippen molar-refractivity contribution in [2.45, 2.75) is 6.42 Å². The number of H-pyrrole nitrogens is 2. The van der Waals surface area contributed by atoms with Crippen molar-refractivity contribution in [1.29, 1.82) is 0 Å². The first-order valence-electron chi connectivity index (χ1n) is 5.48. The molecule has 0 saturated heterocycles. The number of hydrogen-bond acceptors (Lipinski definition) is 3. The van der Waals surface area contributed by atoms with Crippen LogP contribution in [0, 0.1) is 5.82 Å². The molecule has 1 heterocycles. The molecule has 1 aromatic carbocycles. The zero-order chi connectivity index (χ0) is 13.7. The molecule has 7 heteroatoms. The summed E-state index contributed by atoms with van der Waals surface area (Å²) < 4.78 is 13.2. The average Bonchev–Trinajstić information content (AvgIpc) is 2.77. The van der Waals surface area contributed by atoms with Gasteiger partial charge in [-0.05, 0) is 6.07 Å². The van der Waals surface area contributed by atoms with E-state index < -0.39 is 11.7 Å². The molecule has 0 atom stereocenters. The van der Waals surface area contributed by atoms with Crippen molar-refractivity contribution in [2.24, 2.45) is 5.10 Å². The van der Waals surface area contributed by atoms with Gasteiger partial charge >= 0.3 is 0 Å². The van der Waals surface area contributed by atoms with Crippen LogP contribution in [0.15, 0.2) is 40.2 Å². The van der Waals surface area contributed by atoms with Gasteiger partial charge in [0.15, 0.2) is 0 Å². The Hall–Kier alpha value is -2.70. The molecular formula is C12H11FN4O2. The van der Waals surface area contributed by atoms with Gasteiger partial charge < -0.3 is 5.10 Å². The van der Waals surface area contributed by atoms with Gasteiger partial charge in [0.25, 0.3) is 5.56 Å². The highest BCUT2D eigenvalue weighted by molar-refractivity contribution is 5.83.